The van der Waals surface area contributed by atoms with Crippen molar-refractivity contribution < 1.29 is 14.3 Å². The largest absolute Gasteiger partial charge is 0.462 e. The molecule has 1 N–H and O–H groups in total. The molecule has 28 heavy (non-hydrogen) atoms. The first kappa shape index (κ1) is 22.9. The van der Waals surface area contributed by atoms with Crippen LogP contribution in [-0.4, -0.2) is 18.5 Å². The molecule has 0 spiro atoms. The van der Waals surface area contributed by atoms with Gasteiger partial charge in [-0.05, 0) is 55.9 Å². The van der Waals surface area contributed by atoms with Gasteiger partial charge in [0.15, 0.2) is 0 Å². The Morgan fingerprint density at radius 2 is 1.96 bits per heavy atom. The molecule has 0 saturated heterocycles. The van der Waals surface area contributed by atoms with E-state index in [0.717, 1.165) is 50.5 Å². The first-order chi connectivity index (χ1) is 13.2. The molecule has 2 unspecified atom stereocenters. The second-order valence-corrected chi connectivity index (χ2v) is 10.1. The topological polar surface area (TPSA) is 55.4 Å². The number of hydrogen-bond acceptors (Lipinski definition) is 4. The maximum atomic E-state index is 12.9. The van der Waals surface area contributed by atoms with Gasteiger partial charge >= 0.3 is 5.97 Å². The van der Waals surface area contributed by atoms with Crippen LogP contribution in [-0.2, 0) is 22.4 Å². The van der Waals surface area contributed by atoms with Crippen molar-refractivity contribution in [2.45, 2.75) is 86.5 Å². The Labute approximate surface area is 174 Å². The molecular formula is C23H37NO3S. The summed E-state index contributed by atoms with van der Waals surface area (Å²) >= 11 is 1.58. The minimum absolute atomic E-state index is 0.00329. The van der Waals surface area contributed by atoms with Crippen molar-refractivity contribution in [3.05, 3.63) is 16.0 Å². The zero-order valence-corrected chi connectivity index (χ0v) is 19.3. The van der Waals surface area contributed by atoms with E-state index in [1.807, 2.05) is 6.92 Å². The first-order valence-corrected chi connectivity index (χ1v) is 11.7. The van der Waals surface area contributed by atoms with E-state index < -0.39 is 0 Å². The van der Waals surface area contributed by atoms with Crippen LogP contribution in [0, 0.1) is 17.3 Å². The Hall–Kier alpha value is -1.36. The molecule has 4 nitrogen and oxygen atoms in total. The highest BCUT2D eigenvalue weighted by molar-refractivity contribution is 7.17. The van der Waals surface area contributed by atoms with Crippen LogP contribution in [0.2, 0.25) is 0 Å². The van der Waals surface area contributed by atoms with E-state index in [1.54, 1.807) is 11.3 Å². The van der Waals surface area contributed by atoms with Gasteiger partial charge in [0, 0.05) is 10.8 Å². The van der Waals surface area contributed by atoms with Crippen molar-refractivity contribution in [3.8, 4) is 0 Å². The number of carbonyl (C=O) groups excluding carboxylic acids is 2. The van der Waals surface area contributed by atoms with Gasteiger partial charge in [-0.2, -0.15) is 0 Å². The normalized spacial score (nSPS) is 17.7. The molecule has 0 radical (unpaired) electrons. The van der Waals surface area contributed by atoms with Crippen LogP contribution < -0.4 is 5.32 Å². The molecule has 1 aromatic rings. The predicted molar refractivity (Wildman–Crippen MR) is 117 cm³/mol. The second-order valence-electron chi connectivity index (χ2n) is 8.97. The average molecular weight is 408 g/mol. The molecule has 158 valence electrons. The fourth-order valence-electron chi connectivity index (χ4n) is 4.02. The quantitative estimate of drug-likeness (QED) is 0.520. The Bertz CT molecular complexity index is 687. The van der Waals surface area contributed by atoms with Gasteiger partial charge in [0.05, 0.1) is 12.2 Å². The third-order valence-electron chi connectivity index (χ3n) is 5.98. The summed E-state index contributed by atoms with van der Waals surface area (Å²) in [4.78, 5) is 26.8. The van der Waals surface area contributed by atoms with Crippen molar-refractivity contribution in [1.29, 1.82) is 0 Å². The van der Waals surface area contributed by atoms with Gasteiger partial charge in [-0.25, -0.2) is 4.79 Å². The maximum Gasteiger partial charge on any atom is 0.341 e. The zero-order chi connectivity index (χ0) is 20.9. The number of hydrogen-bond donors (Lipinski definition) is 1. The van der Waals surface area contributed by atoms with Gasteiger partial charge in [-0.3, -0.25) is 4.79 Å². The fourth-order valence-corrected chi connectivity index (χ4v) is 5.34. The minimum Gasteiger partial charge on any atom is -0.462 e. The van der Waals surface area contributed by atoms with E-state index in [-0.39, 0.29) is 23.2 Å². The summed E-state index contributed by atoms with van der Waals surface area (Å²) in [5.41, 5.74) is 1.94. The highest BCUT2D eigenvalue weighted by Crippen LogP contribution is 2.44. The van der Waals surface area contributed by atoms with Crippen LogP contribution in [0.4, 0.5) is 5.00 Å². The lowest BCUT2D eigenvalue weighted by atomic mass is 9.72. The number of rotatable bonds is 8. The average Bonchev–Trinajstić information content (AvgIpc) is 2.98. The molecule has 1 aliphatic rings. The second kappa shape index (κ2) is 9.91. The highest BCUT2D eigenvalue weighted by atomic mass is 32.1. The summed E-state index contributed by atoms with van der Waals surface area (Å²) in [7, 11) is 0. The molecule has 0 bridgehead atoms. The van der Waals surface area contributed by atoms with Gasteiger partial charge in [-0.15, -0.1) is 11.3 Å². The van der Waals surface area contributed by atoms with E-state index >= 15 is 0 Å². The van der Waals surface area contributed by atoms with E-state index in [9.17, 15) is 9.59 Å². The number of amides is 1. The van der Waals surface area contributed by atoms with E-state index in [0.29, 0.717) is 23.1 Å². The predicted octanol–water partition coefficient (Wildman–Crippen LogP) is 6.23. The Morgan fingerprint density at radius 1 is 1.25 bits per heavy atom. The number of nitrogens with one attached hydrogen (secondary N) is 1. The van der Waals surface area contributed by atoms with Gasteiger partial charge in [0.2, 0.25) is 5.91 Å². The molecule has 0 aromatic carbocycles. The maximum absolute atomic E-state index is 12.9. The lowest BCUT2D eigenvalue weighted by Crippen LogP contribution is -2.26. The van der Waals surface area contributed by atoms with Crippen molar-refractivity contribution in [2.24, 2.45) is 17.3 Å². The molecule has 1 aliphatic carbocycles. The number of esters is 1. The van der Waals surface area contributed by atoms with Crippen LogP contribution in [0.3, 0.4) is 0 Å². The van der Waals surface area contributed by atoms with Gasteiger partial charge < -0.3 is 10.1 Å². The number of fused-ring (bicyclic) bond motifs is 1. The van der Waals surface area contributed by atoms with E-state index in [2.05, 4.69) is 39.9 Å². The van der Waals surface area contributed by atoms with Crippen molar-refractivity contribution >= 4 is 28.2 Å². The first-order valence-electron chi connectivity index (χ1n) is 10.8. The Kier molecular flexibility index (Phi) is 8.11. The molecular weight excluding hydrogens is 370 g/mol. The van der Waals surface area contributed by atoms with Crippen molar-refractivity contribution in [2.75, 3.05) is 11.9 Å². The molecule has 0 saturated carbocycles. The lowest BCUT2D eigenvalue weighted by molar-refractivity contribution is -0.120. The standard InChI is InChI=1S/C23H37NO3S/c1-7-10-11-15(8-2)20(25)24-21-19(22(26)27-9-3)17-13-12-16(23(4,5)6)14-18(17)28-21/h15-16H,7-14H2,1-6H3,(H,24,25). The molecule has 1 amide bonds. The molecule has 1 heterocycles. The lowest BCUT2D eigenvalue weighted by Gasteiger charge is -2.33. The number of unbranched alkanes of at least 4 members (excludes halogenated alkanes) is 1. The number of carbonyl (C=O) groups is 2. The van der Waals surface area contributed by atoms with Gasteiger partial charge in [0.1, 0.15) is 5.00 Å². The van der Waals surface area contributed by atoms with Crippen LogP contribution in [0.1, 0.15) is 94.4 Å². The van der Waals surface area contributed by atoms with Gasteiger partial charge in [-0.1, -0.05) is 47.5 Å². The Morgan fingerprint density at radius 3 is 2.54 bits per heavy atom. The summed E-state index contributed by atoms with van der Waals surface area (Å²) in [6, 6.07) is 0. The number of ether oxygens (including phenoxy) is 1. The number of anilines is 1. The molecule has 2 atom stereocenters. The summed E-state index contributed by atoms with van der Waals surface area (Å²) in [6.07, 6.45) is 6.76. The van der Waals surface area contributed by atoms with Crippen LogP contribution in [0.15, 0.2) is 0 Å². The van der Waals surface area contributed by atoms with Crippen LogP contribution in [0.25, 0.3) is 0 Å². The van der Waals surface area contributed by atoms with Crippen LogP contribution in [0.5, 0.6) is 0 Å². The van der Waals surface area contributed by atoms with E-state index in [1.165, 1.54) is 4.88 Å². The summed E-state index contributed by atoms with van der Waals surface area (Å²) in [5.74, 6) is 0.320. The van der Waals surface area contributed by atoms with Crippen molar-refractivity contribution in [3.63, 3.8) is 0 Å². The summed E-state index contributed by atoms with van der Waals surface area (Å²) < 4.78 is 5.34. The third kappa shape index (κ3) is 5.37. The van der Waals surface area contributed by atoms with E-state index in [4.69, 9.17) is 4.74 Å². The third-order valence-corrected chi connectivity index (χ3v) is 7.15. The van der Waals surface area contributed by atoms with Crippen LogP contribution >= 0.6 is 11.3 Å². The zero-order valence-electron chi connectivity index (χ0n) is 18.4. The highest BCUT2D eigenvalue weighted by Gasteiger charge is 2.34. The molecule has 0 fully saturated rings. The summed E-state index contributed by atoms with van der Waals surface area (Å²) in [6.45, 7) is 13.2. The summed E-state index contributed by atoms with van der Waals surface area (Å²) in [5, 5.41) is 3.79. The SMILES string of the molecule is CCCCC(CC)C(=O)Nc1sc2c(c1C(=O)OCC)CCC(C(C)(C)C)C2. The monoisotopic (exact) mass is 407 g/mol. The molecule has 1 aromatic heterocycles. The fraction of sp³-hybridized carbons (Fsp3) is 0.739. The molecule has 2 rings (SSSR count). The smallest absolute Gasteiger partial charge is 0.341 e. The van der Waals surface area contributed by atoms with Crippen molar-refractivity contribution in [1.82, 2.24) is 0 Å². The Balaban J connectivity index is 2.31. The minimum atomic E-state index is -0.300. The molecule has 5 heteroatoms. The van der Waals surface area contributed by atoms with Gasteiger partial charge in [0.25, 0.3) is 0 Å². The molecule has 0 aliphatic heterocycles. The number of thiophene rings is 1.